The highest BCUT2D eigenvalue weighted by atomic mass is 31.2. The van der Waals surface area contributed by atoms with Crippen molar-refractivity contribution < 1.29 is 43.1 Å². The molecule has 30 heavy (non-hydrogen) atoms. The molecule has 0 saturated carbocycles. The van der Waals surface area contributed by atoms with Gasteiger partial charge in [0.05, 0.1) is 24.7 Å². The molecule has 1 aromatic carbocycles. The molecule has 0 aliphatic rings. The van der Waals surface area contributed by atoms with Gasteiger partial charge in [-0.15, -0.1) is 0 Å². The minimum atomic E-state index is -3.92. The average molecular weight is 447 g/mol. The van der Waals surface area contributed by atoms with Gasteiger partial charge in [-0.25, -0.2) is 0 Å². The van der Waals surface area contributed by atoms with Crippen LogP contribution >= 0.6 is 7.60 Å². The van der Waals surface area contributed by atoms with Gasteiger partial charge in [0.15, 0.2) is 0 Å². The van der Waals surface area contributed by atoms with Gasteiger partial charge in [-0.05, 0) is 30.5 Å². The Hall–Kier alpha value is -2.33. The SMILES string of the molecule is CC(=O)O[C@@H](COCc1ccc([N+](=O)[O-])cc1)COP(=O)(O)CCCCCC(=O)O. The zero-order chi connectivity index (χ0) is 22.6. The van der Waals surface area contributed by atoms with E-state index >= 15 is 0 Å². The van der Waals surface area contributed by atoms with Crippen LogP contribution in [0.15, 0.2) is 24.3 Å². The van der Waals surface area contributed by atoms with Crippen LogP contribution in [0.3, 0.4) is 0 Å². The molecule has 1 unspecified atom stereocenters. The maximum Gasteiger partial charge on any atom is 0.328 e. The molecule has 0 aliphatic heterocycles. The Morgan fingerprint density at radius 1 is 1.17 bits per heavy atom. The van der Waals surface area contributed by atoms with Gasteiger partial charge < -0.3 is 24.0 Å². The van der Waals surface area contributed by atoms with Crippen molar-refractivity contribution in [1.82, 2.24) is 0 Å². The Kier molecular flexibility index (Phi) is 11.2. The highest BCUT2D eigenvalue weighted by Crippen LogP contribution is 2.43. The lowest BCUT2D eigenvalue weighted by Gasteiger charge is -2.19. The number of non-ortho nitro benzene ring substituents is 1. The molecular weight excluding hydrogens is 421 g/mol. The number of nitrogens with zero attached hydrogens (tertiary/aromatic N) is 1. The molecular formula is C18H26NO10P. The molecule has 0 spiro atoms. The fraction of sp³-hybridized carbons (Fsp3) is 0.556. The molecule has 168 valence electrons. The Balaban J connectivity index is 2.43. The Bertz CT molecular complexity index is 752. The summed E-state index contributed by atoms with van der Waals surface area (Å²) in [6.07, 6.45) is 0.164. The number of rotatable bonds is 15. The molecule has 0 fully saturated rings. The van der Waals surface area contributed by atoms with E-state index in [-0.39, 0.29) is 38.1 Å². The van der Waals surface area contributed by atoms with Gasteiger partial charge in [0.25, 0.3) is 5.69 Å². The average Bonchev–Trinajstić information content (AvgIpc) is 2.65. The molecule has 0 aromatic heterocycles. The first kappa shape index (κ1) is 25.7. The normalized spacial score (nSPS) is 13.9. The second-order valence-corrected chi connectivity index (χ2v) is 8.51. The molecule has 0 aliphatic carbocycles. The monoisotopic (exact) mass is 447 g/mol. The van der Waals surface area contributed by atoms with Crippen LogP contribution in [0.1, 0.15) is 38.2 Å². The van der Waals surface area contributed by atoms with Crippen LogP contribution < -0.4 is 0 Å². The number of benzene rings is 1. The number of carbonyl (C=O) groups is 2. The van der Waals surface area contributed by atoms with Gasteiger partial charge in [-0.3, -0.25) is 24.3 Å². The molecule has 1 aromatic rings. The summed E-state index contributed by atoms with van der Waals surface area (Å²) in [6, 6.07) is 5.73. The number of esters is 1. The van der Waals surface area contributed by atoms with Crippen molar-refractivity contribution in [1.29, 1.82) is 0 Å². The number of carboxylic acid groups (broad SMARTS) is 1. The maximum absolute atomic E-state index is 12.1. The molecule has 0 amide bonds. The Morgan fingerprint density at radius 3 is 2.40 bits per heavy atom. The summed E-state index contributed by atoms with van der Waals surface area (Å²) in [5.41, 5.74) is 0.615. The molecule has 1 rings (SSSR count). The number of nitro benzene ring substituents is 1. The molecule has 2 atom stereocenters. The third-order valence-electron chi connectivity index (χ3n) is 3.85. The lowest BCUT2D eigenvalue weighted by molar-refractivity contribution is -0.384. The highest BCUT2D eigenvalue weighted by molar-refractivity contribution is 7.52. The van der Waals surface area contributed by atoms with Crippen molar-refractivity contribution in [2.45, 2.75) is 45.3 Å². The first-order valence-corrected chi connectivity index (χ1v) is 11.0. The Morgan fingerprint density at radius 2 is 1.83 bits per heavy atom. The first-order valence-electron chi connectivity index (χ1n) is 9.25. The van der Waals surface area contributed by atoms with E-state index in [1.54, 1.807) is 0 Å². The summed E-state index contributed by atoms with van der Waals surface area (Å²) < 4.78 is 27.5. The zero-order valence-corrected chi connectivity index (χ0v) is 17.5. The number of carboxylic acids is 1. The molecule has 0 heterocycles. The van der Waals surface area contributed by atoms with Crippen LogP contribution in [0.2, 0.25) is 0 Å². The fourth-order valence-electron chi connectivity index (χ4n) is 2.40. The van der Waals surface area contributed by atoms with E-state index in [1.807, 2.05) is 0 Å². The summed E-state index contributed by atoms with van der Waals surface area (Å²) in [7, 11) is -3.92. The van der Waals surface area contributed by atoms with Gasteiger partial charge in [-0.2, -0.15) is 0 Å². The van der Waals surface area contributed by atoms with Gasteiger partial charge in [-0.1, -0.05) is 6.42 Å². The number of ether oxygens (including phenoxy) is 2. The Labute approximate surface area is 173 Å². The summed E-state index contributed by atoms with van der Waals surface area (Å²) in [5.74, 6) is -1.53. The lowest BCUT2D eigenvalue weighted by Crippen LogP contribution is -2.27. The third-order valence-corrected chi connectivity index (χ3v) is 5.28. The van der Waals surface area contributed by atoms with Crippen molar-refractivity contribution in [2.75, 3.05) is 19.4 Å². The van der Waals surface area contributed by atoms with E-state index in [2.05, 4.69) is 0 Å². The minimum Gasteiger partial charge on any atom is -0.481 e. The van der Waals surface area contributed by atoms with E-state index in [0.29, 0.717) is 24.8 Å². The number of hydrogen-bond donors (Lipinski definition) is 2. The van der Waals surface area contributed by atoms with Gasteiger partial charge in [0, 0.05) is 31.6 Å². The first-order chi connectivity index (χ1) is 14.1. The summed E-state index contributed by atoms with van der Waals surface area (Å²) >= 11 is 0. The van der Waals surface area contributed by atoms with Gasteiger partial charge in [0.2, 0.25) is 0 Å². The second kappa shape index (κ2) is 13.1. The lowest BCUT2D eigenvalue weighted by atomic mass is 10.2. The molecule has 0 bridgehead atoms. The van der Waals surface area contributed by atoms with Crippen molar-refractivity contribution in [3.63, 3.8) is 0 Å². The highest BCUT2D eigenvalue weighted by Gasteiger charge is 2.23. The van der Waals surface area contributed by atoms with E-state index in [9.17, 15) is 29.2 Å². The van der Waals surface area contributed by atoms with Crippen molar-refractivity contribution in [2.24, 2.45) is 0 Å². The van der Waals surface area contributed by atoms with Crippen LogP contribution in [0.4, 0.5) is 5.69 Å². The summed E-state index contributed by atoms with van der Waals surface area (Å²) in [4.78, 5) is 41.7. The van der Waals surface area contributed by atoms with Crippen LogP contribution in [-0.2, 0) is 34.8 Å². The molecule has 0 saturated heterocycles. The molecule has 2 N–H and O–H groups in total. The smallest absolute Gasteiger partial charge is 0.328 e. The number of unbranched alkanes of at least 4 members (excludes halogenated alkanes) is 2. The van der Waals surface area contributed by atoms with E-state index in [4.69, 9.17) is 19.1 Å². The second-order valence-electron chi connectivity index (χ2n) is 6.53. The van der Waals surface area contributed by atoms with E-state index in [1.165, 1.54) is 31.2 Å². The number of aliphatic carboxylic acids is 1. The quantitative estimate of drug-likeness (QED) is 0.134. The minimum absolute atomic E-state index is 0.00277. The van der Waals surface area contributed by atoms with Crippen LogP contribution in [0, 0.1) is 10.1 Å². The van der Waals surface area contributed by atoms with Crippen LogP contribution in [-0.4, -0.2) is 52.3 Å². The van der Waals surface area contributed by atoms with Gasteiger partial charge in [0.1, 0.15) is 6.10 Å². The van der Waals surface area contributed by atoms with Crippen molar-refractivity contribution >= 4 is 25.2 Å². The third kappa shape index (κ3) is 11.6. The molecule has 11 nitrogen and oxygen atoms in total. The topological polar surface area (TPSA) is 162 Å². The summed E-state index contributed by atoms with van der Waals surface area (Å²) in [6.45, 7) is 0.832. The van der Waals surface area contributed by atoms with Crippen molar-refractivity contribution in [3.8, 4) is 0 Å². The predicted molar refractivity (Wildman–Crippen MR) is 105 cm³/mol. The maximum atomic E-state index is 12.1. The molecule has 0 radical (unpaired) electrons. The zero-order valence-electron chi connectivity index (χ0n) is 16.6. The number of carbonyl (C=O) groups excluding carboxylic acids is 1. The van der Waals surface area contributed by atoms with Crippen LogP contribution in [0.5, 0.6) is 0 Å². The standard InChI is InChI=1S/C18H26NO10P/c1-14(20)29-17(12-27-11-15-6-8-16(9-7-15)19(23)24)13-28-30(25,26)10-4-2-3-5-18(21)22/h6-9,17H,2-5,10-13H2,1H3,(H,21,22)(H,25,26)/t17-/m0/s1. The summed E-state index contributed by atoms with van der Waals surface area (Å²) in [5, 5.41) is 19.2. The van der Waals surface area contributed by atoms with E-state index < -0.39 is 30.6 Å². The van der Waals surface area contributed by atoms with Gasteiger partial charge >= 0.3 is 19.5 Å². The fourth-order valence-corrected chi connectivity index (χ4v) is 3.55. The van der Waals surface area contributed by atoms with Crippen molar-refractivity contribution in [3.05, 3.63) is 39.9 Å². The van der Waals surface area contributed by atoms with Crippen LogP contribution in [0.25, 0.3) is 0 Å². The largest absolute Gasteiger partial charge is 0.481 e. The van der Waals surface area contributed by atoms with E-state index in [0.717, 1.165) is 0 Å². The predicted octanol–water partition coefficient (Wildman–Crippen LogP) is 2.89. The number of hydrogen-bond acceptors (Lipinski definition) is 8. The molecule has 12 heteroatoms. The number of nitro groups is 1.